The molecule has 0 fully saturated rings. The lowest BCUT2D eigenvalue weighted by molar-refractivity contribution is 1.18. The van der Waals surface area contributed by atoms with E-state index in [1.165, 1.54) is 137 Å². The number of aromatic nitrogens is 7. The van der Waals surface area contributed by atoms with Crippen LogP contribution in [0.3, 0.4) is 0 Å². The van der Waals surface area contributed by atoms with Crippen molar-refractivity contribution in [3.8, 4) is 118 Å². The quantitative estimate of drug-likeness (QED) is 0.101. The molecule has 0 saturated heterocycles. The molecule has 10 nitrogen and oxygen atoms in total. The Balaban J connectivity index is 0.000000108. The maximum atomic E-state index is 5.11. The largest absolute Gasteiger partial charge is 0.317 e. The third kappa shape index (κ3) is 15.5. The van der Waals surface area contributed by atoms with E-state index in [2.05, 4.69) is 526 Å². The van der Waals surface area contributed by atoms with Crippen molar-refractivity contribution in [2.24, 2.45) is 0 Å². The average Bonchev–Trinajstić information content (AvgIpc) is 1.65. The first-order valence-corrected chi connectivity index (χ1v) is 51.0. The van der Waals surface area contributed by atoms with Crippen LogP contribution in [0, 0.1) is 0 Å². The van der Waals surface area contributed by atoms with Gasteiger partial charge in [0.15, 0.2) is 5.82 Å². The number of anilines is 6. The van der Waals surface area contributed by atoms with Crippen molar-refractivity contribution in [3.63, 3.8) is 0 Å². The molecular formula is C140H92N10. The zero-order valence-corrected chi connectivity index (χ0v) is 81.6. The Kier molecular flexibility index (Phi) is 21.7. The molecule has 0 unspecified atom stereocenters. The molecule has 0 spiro atoms. The molecule has 0 amide bonds. The summed E-state index contributed by atoms with van der Waals surface area (Å²) in [6.45, 7) is 0. The summed E-state index contributed by atoms with van der Waals surface area (Å²) in [5.41, 5.74) is 39.1. The number of fused-ring (bicyclic) bond motifs is 12. The van der Waals surface area contributed by atoms with Gasteiger partial charge in [0.1, 0.15) is 0 Å². The third-order valence-electron chi connectivity index (χ3n) is 29.6. The van der Waals surface area contributed by atoms with Crippen LogP contribution in [0.5, 0.6) is 0 Å². The average molecular weight is 1910 g/mol. The normalized spacial score (nSPS) is 12.3. The van der Waals surface area contributed by atoms with Crippen LogP contribution in [0.1, 0.15) is 16.7 Å². The van der Waals surface area contributed by atoms with Gasteiger partial charge >= 0.3 is 0 Å². The molecule has 0 saturated carbocycles. The summed E-state index contributed by atoms with van der Waals surface area (Å²) in [5, 5.41) is 15.1. The number of hydrogen-bond donors (Lipinski definition) is 0. The van der Waals surface area contributed by atoms with E-state index in [0.29, 0.717) is 5.82 Å². The van der Waals surface area contributed by atoms with Gasteiger partial charge in [-0.1, -0.05) is 364 Å². The van der Waals surface area contributed by atoms with Crippen LogP contribution in [0.15, 0.2) is 540 Å². The van der Waals surface area contributed by atoms with Crippen LogP contribution in [-0.2, 0) is 0 Å². The first-order valence-electron chi connectivity index (χ1n) is 51.0. The van der Waals surface area contributed by atoms with Gasteiger partial charge in [0.2, 0.25) is 0 Å². The summed E-state index contributed by atoms with van der Waals surface area (Å²) in [4.78, 5) is 27.3. The second-order valence-electron chi connectivity index (χ2n) is 38.4. The molecule has 3 aliphatic heterocycles. The van der Waals surface area contributed by atoms with Gasteiger partial charge in [0.05, 0.1) is 84.3 Å². The number of nitrogens with zero attached hydrogens (tertiary/aromatic N) is 10. The molecule has 10 heteroatoms. The molecule has 3 aliphatic rings. The van der Waals surface area contributed by atoms with Crippen molar-refractivity contribution in [1.82, 2.24) is 33.6 Å². The lowest BCUT2D eigenvalue weighted by Gasteiger charge is -2.27. The summed E-state index contributed by atoms with van der Waals surface area (Å²) in [5.74, 6) is 0.696. The molecule has 0 N–H and O–H groups in total. The molecular weight excluding hydrogens is 1820 g/mol. The molecule has 21 aromatic carbocycles. The van der Waals surface area contributed by atoms with Gasteiger partial charge in [-0.15, -0.1) is 0 Å². The zero-order valence-electron chi connectivity index (χ0n) is 81.6. The Bertz CT molecular complexity index is 9490. The predicted molar refractivity (Wildman–Crippen MR) is 628 cm³/mol. The molecule has 0 aliphatic carbocycles. The molecule has 9 heterocycles. The van der Waals surface area contributed by atoms with Gasteiger partial charge in [0.25, 0.3) is 0 Å². The summed E-state index contributed by atoms with van der Waals surface area (Å²) in [7, 11) is 0. The predicted octanol–water partition coefficient (Wildman–Crippen LogP) is 36.8. The fourth-order valence-corrected chi connectivity index (χ4v) is 22.8. The van der Waals surface area contributed by atoms with E-state index >= 15 is 0 Å². The fraction of sp³-hybridized carbons (Fsp3) is 0. The highest BCUT2D eigenvalue weighted by atomic mass is 15.1. The minimum Gasteiger partial charge on any atom is -0.317 e. The molecule has 6 aromatic heterocycles. The second-order valence-corrected chi connectivity index (χ2v) is 38.4. The Labute approximate surface area is 867 Å². The molecule has 0 atom stereocenters. The second kappa shape index (κ2) is 37.2. The van der Waals surface area contributed by atoms with E-state index in [1.54, 1.807) is 0 Å². The zero-order chi connectivity index (χ0) is 99.1. The van der Waals surface area contributed by atoms with Crippen LogP contribution in [0.25, 0.3) is 234 Å². The fourth-order valence-electron chi connectivity index (χ4n) is 22.8. The van der Waals surface area contributed by atoms with Gasteiger partial charge in [0, 0.05) is 140 Å². The van der Waals surface area contributed by atoms with E-state index in [-0.39, 0.29) is 0 Å². The highest BCUT2D eigenvalue weighted by Gasteiger charge is 2.30. The third-order valence-corrected chi connectivity index (χ3v) is 29.6. The van der Waals surface area contributed by atoms with E-state index in [9.17, 15) is 0 Å². The SMILES string of the molecule is C1=CN(c2ccc(-c3cc(-c4ccccc4)nc(-c4ccccc4)c3)cc2)c2cccc3cc4c(c1c23)c1ccccc1n4-c1ccccc1.C1=CN(c2cccc(-c3cc(-c4ccccc4)nc(-c4ccccc4)c3)c2)c2cccc3cc4c(c1c23)c1ccccc1n4-c1ccccc1.C1=CN(c2cccc(-c3nc(-c4ccccc4)cc(-c4ccccc4)n3)c2)c2cccc3cc4c(c1c23)c1ccccc1n4-c1ccccc1. The smallest absolute Gasteiger partial charge is 0.160 e. The molecule has 702 valence electrons. The van der Waals surface area contributed by atoms with Crippen molar-refractivity contribution < 1.29 is 0 Å². The van der Waals surface area contributed by atoms with Crippen molar-refractivity contribution >= 4 is 150 Å². The topological polar surface area (TPSA) is 76.1 Å². The van der Waals surface area contributed by atoms with E-state index in [1.807, 2.05) is 60.7 Å². The monoisotopic (exact) mass is 1910 g/mol. The molecule has 0 radical (unpaired) electrons. The van der Waals surface area contributed by atoms with Crippen LogP contribution in [0.2, 0.25) is 0 Å². The van der Waals surface area contributed by atoms with Crippen LogP contribution in [0.4, 0.5) is 34.1 Å². The van der Waals surface area contributed by atoms with Gasteiger partial charge in [-0.2, -0.15) is 0 Å². The molecule has 30 rings (SSSR count). The lowest BCUT2D eigenvalue weighted by atomic mass is 9.94. The minimum atomic E-state index is 0.696. The summed E-state index contributed by atoms with van der Waals surface area (Å²) in [6.07, 6.45) is 13.6. The summed E-state index contributed by atoms with van der Waals surface area (Å²) >= 11 is 0. The van der Waals surface area contributed by atoms with Gasteiger partial charge < -0.3 is 28.4 Å². The van der Waals surface area contributed by atoms with Gasteiger partial charge in [-0.3, -0.25) is 0 Å². The first-order chi connectivity index (χ1) is 74.4. The molecule has 27 aromatic rings. The van der Waals surface area contributed by atoms with Crippen molar-refractivity contribution in [2.45, 2.75) is 0 Å². The highest BCUT2D eigenvalue weighted by molar-refractivity contribution is 6.26. The maximum Gasteiger partial charge on any atom is 0.160 e. The molecule has 150 heavy (non-hydrogen) atoms. The first kappa shape index (κ1) is 87.6. The van der Waals surface area contributed by atoms with Crippen LogP contribution < -0.4 is 14.7 Å². The maximum absolute atomic E-state index is 5.11. The Morgan fingerprint density at radius 1 is 0.147 bits per heavy atom. The van der Waals surface area contributed by atoms with Crippen molar-refractivity contribution in [3.05, 3.63) is 557 Å². The van der Waals surface area contributed by atoms with Crippen LogP contribution >= 0.6 is 0 Å². The van der Waals surface area contributed by atoms with E-state index in [4.69, 9.17) is 19.9 Å². The van der Waals surface area contributed by atoms with E-state index in [0.717, 1.165) is 124 Å². The Morgan fingerprint density at radius 2 is 0.407 bits per heavy atom. The summed E-state index contributed by atoms with van der Waals surface area (Å²) < 4.78 is 7.20. The number of pyridine rings is 2. The standard InChI is InChI=1S/2C47H31N3.C46H30N4/c1-4-14-32(15-5-1)41-29-36(30-42(48-41)33-16-6-2-7-17-33)34-18-12-22-38(28-34)49-27-26-40-46-35(19-13-25-44(46)49)31-45-47(40)39-23-10-11-24-43(39)50(45)37-20-8-3-9-21-37;1-4-13-33(14-5-1)41-29-36(30-42(48-41)34-15-6-2-7-16-34)32-23-25-37(26-24-32)49-28-27-40-46-35(17-12-22-44(46)49)31-45-47(40)39-20-10-11-21-43(39)50(45)38-18-8-3-9-19-38;1-4-14-31(15-5-1)39-30-40(32-16-6-2-7-17-32)48-46(47-39)34-19-12-22-36(28-34)49-27-26-38-44-33(18-13-25-42(44)49)29-43-45(38)37-23-10-11-24-41(37)50(43)35-20-8-3-9-21-35/h2*1-31H;1-30H. The van der Waals surface area contributed by atoms with Crippen molar-refractivity contribution in [1.29, 1.82) is 0 Å². The number of rotatable bonds is 15. The van der Waals surface area contributed by atoms with Crippen molar-refractivity contribution in [2.75, 3.05) is 14.7 Å². The van der Waals surface area contributed by atoms with Crippen LogP contribution in [-0.4, -0.2) is 33.6 Å². The van der Waals surface area contributed by atoms with Gasteiger partial charge in [-0.05, 0) is 231 Å². The van der Waals surface area contributed by atoms with E-state index < -0.39 is 0 Å². The minimum absolute atomic E-state index is 0.696. The summed E-state index contributed by atoms with van der Waals surface area (Å²) in [6, 6.07) is 185. The van der Waals surface area contributed by atoms with Gasteiger partial charge in [-0.25, -0.2) is 19.9 Å². The number of para-hydroxylation sites is 6. The Hall–Kier alpha value is -20.2. The number of hydrogen-bond acceptors (Lipinski definition) is 7. The lowest BCUT2D eigenvalue weighted by Crippen LogP contribution is -2.12. The highest BCUT2D eigenvalue weighted by Crippen LogP contribution is 2.52. The Morgan fingerprint density at radius 3 is 0.740 bits per heavy atom. The molecule has 0 bridgehead atoms. The number of benzene rings is 21.